The maximum atomic E-state index is 12.1. The topological polar surface area (TPSA) is 52.7 Å². The highest BCUT2D eigenvalue weighted by molar-refractivity contribution is 5.89. The van der Waals surface area contributed by atoms with Crippen molar-refractivity contribution in [3.63, 3.8) is 0 Å². The normalized spacial score (nSPS) is 17.9. The van der Waals surface area contributed by atoms with Gasteiger partial charge in [-0.05, 0) is 17.8 Å². The molecule has 112 valence electrons. The number of benzene rings is 1. The lowest BCUT2D eigenvalue weighted by Gasteiger charge is -2.27. The van der Waals surface area contributed by atoms with Crippen LogP contribution in [-0.4, -0.2) is 54.7 Å². The first-order chi connectivity index (χ1) is 10.1. The van der Waals surface area contributed by atoms with E-state index in [4.69, 9.17) is 0 Å². The van der Waals surface area contributed by atoms with E-state index in [1.165, 1.54) is 4.90 Å². The number of rotatable bonds is 5. The molecule has 0 saturated carbocycles. The quantitative estimate of drug-likeness (QED) is 0.863. The molecule has 1 aliphatic rings. The summed E-state index contributed by atoms with van der Waals surface area (Å²) in [5.74, 6) is 0.0723. The number of carbonyl (C=O) groups is 2. The van der Waals surface area contributed by atoms with Crippen LogP contribution in [0.25, 0.3) is 0 Å². The number of hydrogen-bond acceptors (Lipinski definition) is 4. The lowest BCUT2D eigenvalue weighted by Crippen LogP contribution is -2.46. The zero-order valence-electron chi connectivity index (χ0n) is 12.5. The van der Waals surface area contributed by atoms with Crippen LogP contribution in [0.4, 0.5) is 0 Å². The minimum absolute atomic E-state index is 0.0110. The minimum atomic E-state index is -0.282. The molecule has 0 saturated heterocycles. The SMILES string of the molecule is CN(C)C(=O)CN1C=CC(NCc2ccccc2)C(=O)C1. The smallest absolute Gasteiger partial charge is 0.241 e. The number of nitrogens with one attached hydrogen (secondary N) is 1. The number of amides is 1. The van der Waals surface area contributed by atoms with Gasteiger partial charge in [-0.2, -0.15) is 0 Å². The second-order valence-corrected chi connectivity index (χ2v) is 5.35. The van der Waals surface area contributed by atoms with E-state index in [2.05, 4.69) is 5.32 Å². The van der Waals surface area contributed by atoms with Gasteiger partial charge in [0.25, 0.3) is 0 Å². The Labute approximate surface area is 125 Å². The first-order valence-electron chi connectivity index (χ1n) is 6.99. The minimum Gasteiger partial charge on any atom is -0.361 e. The van der Waals surface area contributed by atoms with Crippen molar-refractivity contribution in [2.24, 2.45) is 0 Å². The highest BCUT2D eigenvalue weighted by Crippen LogP contribution is 2.06. The van der Waals surface area contributed by atoms with E-state index < -0.39 is 0 Å². The number of likely N-dealkylation sites (N-methyl/N-ethyl adjacent to an activating group) is 1. The van der Waals surface area contributed by atoms with E-state index in [9.17, 15) is 9.59 Å². The lowest BCUT2D eigenvalue weighted by atomic mass is 10.1. The Hall–Kier alpha value is -2.14. The van der Waals surface area contributed by atoms with Crippen LogP contribution in [0.1, 0.15) is 5.56 Å². The molecular weight excluding hydrogens is 266 g/mol. The molecular formula is C16H21N3O2. The van der Waals surface area contributed by atoms with E-state index in [1.54, 1.807) is 19.0 Å². The highest BCUT2D eigenvalue weighted by atomic mass is 16.2. The van der Waals surface area contributed by atoms with Crippen molar-refractivity contribution in [2.45, 2.75) is 12.6 Å². The first-order valence-corrected chi connectivity index (χ1v) is 6.99. The monoisotopic (exact) mass is 287 g/mol. The average Bonchev–Trinajstić information content (AvgIpc) is 2.47. The van der Waals surface area contributed by atoms with Crippen molar-refractivity contribution in [3.05, 3.63) is 48.2 Å². The molecule has 1 unspecified atom stereocenters. The molecule has 2 rings (SSSR count). The molecule has 1 heterocycles. The van der Waals surface area contributed by atoms with E-state index in [0.717, 1.165) is 5.56 Å². The third kappa shape index (κ3) is 4.43. The van der Waals surface area contributed by atoms with Gasteiger partial charge in [0.1, 0.15) is 0 Å². The molecule has 1 atom stereocenters. The number of ketones is 1. The first kappa shape index (κ1) is 15.3. The van der Waals surface area contributed by atoms with Crippen molar-refractivity contribution < 1.29 is 9.59 Å². The van der Waals surface area contributed by atoms with E-state index >= 15 is 0 Å². The fourth-order valence-electron chi connectivity index (χ4n) is 2.10. The molecule has 1 aliphatic heterocycles. The van der Waals surface area contributed by atoms with Gasteiger partial charge in [-0.1, -0.05) is 30.3 Å². The van der Waals surface area contributed by atoms with Gasteiger partial charge in [0.2, 0.25) is 5.91 Å². The fourth-order valence-corrected chi connectivity index (χ4v) is 2.10. The van der Waals surface area contributed by atoms with Crippen LogP contribution < -0.4 is 5.32 Å². The molecule has 1 aromatic carbocycles. The maximum Gasteiger partial charge on any atom is 0.241 e. The summed E-state index contributed by atoms with van der Waals surface area (Å²) in [6.45, 7) is 1.15. The molecule has 1 amide bonds. The summed E-state index contributed by atoms with van der Waals surface area (Å²) < 4.78 is 0. The molecule has 0 bridgehead atoms. The molecule has 0 aromatic heterocycles. The average molecular weight is 287 g/mol. The summed E-state index contributed by atoms with van der Waals surface area (Å²) in [5.41, 5.74) is 1.14. The summed E-state index contributed by atoms with van der Waals surface area (Å²) in [5, 5.41) is 3.23. The van der Waals surface area contributed by atoms with Crippen LogP contribution >= 0.6 is 0 Å². The van der Waals surface area contributed by atoms with Crippen molar-refractivity contribution in [1.29, 1.82) is 0 Å². The number of Topliss-reactive ketones (excluding diaryl/α,β-unsaturated/α-hetero) is 1. The van der Waals surface area contributed by atoms with Crippen molar-refractivity contribution in [2.75, 3.05) is 27.2 Å². The predicted molar refractivity (Wildman–Crippen MR) is 81.5 cm³/mol. The van der Waals surface area contributed by atoms with Crippen LogP contribution in [0.5, 0.6) is 0 Å². The summed E-state index contributed by atoms with van der Waals surface area (Å²) >= 11 is 0. The Morgan fingerprint density at radius 1 is 1.33 bits per heavy atom. The fraction of sp³-hybridized carbons (Fsp3) is 0.375. The van der Waals surface area contributed by atoms with Crippen molar-refractivity contribution in [1.82, 2.24) is 15.1 Å². The van der Waals surface area contributed by atoms with Crippen molar-refractivity contribution >= 4 is 11.7 Å². The van der Waals surface area contributed by atoms with Gasteiger partial charge in [0, 0.05) is 20.6 Å². The zero-order chi connectivity index (χ0) is 15.2. The lowest BCUT2D eigenvalue weighted by molar-refractivity contribution is -0.130. The molecule has 0 spiro atoms. The molecule has 1 aromatic rings. The summed E-state index contributed by atoms with van der Waals surface area (Å²) in [7, 11) is 3.42. The Morgan fingerprint density at radius 2 is 2.05 bits per heavy atom. The van der Waals surface area contributed by atoms with Crippen LogP contribution in [0.15, 0.2) is 42.6 Å². The number of hydrogen-bond donors (Lipinski definition) is 1. The van der Waals surface area contributed by atoms with Crippen LogP contribution in [-0.2, 0) is 16.1 Å². The Morgan fingerprint density at radius 3 is 2.67 bits per heavy atom. The maximum absolute atomic E-state index is 12.1. The van der Waals surface area contributed by atoms with Gasteiger partial charge < -0.3 is 15.1 Å². The zero-order valence-corrected chi connectivity index (χ0v) is 12.5. The van der Waals surface area contributed by atoms with Gasteiger partial charge in [-0.25, -0.2) is 0 Å². The largest absolute Gasteiger partial charge is 0.361 e. The van der Waals surface area contributed by atoms with Crippen LogP contribution in [0, 0.1) is 0 Å². The third-order valence-electron chi connectivity index (χ3n) is 3.40. The second-order valence-electron chi connectivity index (χ2n) is 5.35. The molecule has 1 N–H and O–H groups in total. The summed E-state index contributed by atoms with van der Waals surface area (Å²) in [6.07, 6.45) is 3.64. The molecule has 0 aliphatic carbocycles. The molecule has 5 nitrogen and oxygen atoms in total. The number of nitrogens with zero attached hydrogens (tertiary/aromatic N) is 2. The van der Waals surface area contributed by atoms with Crippen LogP contribution in [0.3, 0.4) is 0 Å². The molecule has 0 fully saturated rings. The highest BCUT2D eigenvalue weighted by Gasteiger charge is 2.23. The van der Waals surface area contributed by atoms with Gasteiger partial charge in [0.15, 0.2) is 5.78 Å². The standard InChI is InChI=1S/C16H21N3O2/c1-18(2)16(21)12-19-9-8-14(15(20)11-19)17-10-13-6-4-3-5-7-13/h3-9,14,17H,10-12H2,1-2H3. The van der Waals surface area contributed by atoms with Gasteiger partial charge >= 0.3 is 0 Å². The van der Waals surface area contributed by atoms with Gasteiger partial charge in [-0.15, -0.1) is 0 Å². The van der Waals surface area contributed by atoms with E-state index in [1.807, 2.05) is 42.6 Å². The second kappa shape index (κ2) is 7.04. The number of carbonyl (C=O) groups excluding carboxylic acids is 2. The third-order valence-corrected chi connectivity index (χ3v) is 3.40. The van der Waals surface area contributed by atoms with Crippen LogP contribution in [0.2, 0.25) is 0 Å². The molecule has 5 heteroatoms. The molecule has 21 heavy (non-hydrogen) atoms. The van der Waals surface area contributed by atoms with Gasteiger partial charge in [-0.3, -0.25) is 9.59 Å². The Kier molecular flexibility index (Phi) is 5.11. The van der Waals surface area contributed by atoms with E-state index in [0.29, 0.717) is 6.54 Å². The van der Waals surface area contributed by atoms with E-state index in [-0.39, 0.29) is 30.8 Å². The summed E-state index contributed by atoms with van der Waals surface area (Å²) in [4.78, 5) is 27.0. The van der Waals surface area contributed by atoms with Gasteiger partial charge in [0.05, 0.1) is 19.1 Å². The molecule has 0 radical (unpaired) electrons. The predicted octanol–water partition coefficient (Wildman–Crippen LogP) is 0.631. The summed E-state index contributed by atoms with van der Waals surface area (Å²) in [6, 6.07) is 9.68. The Balaban J connectivity index is 1.87. The van der Waals surface area contributed by atoms with Crippen molar-refractivity contribution in [3.8, 4) is 0 Å². The Bertz CT molecular complexity index is 526.